The largest absolute Gasteiger partial charge is 0.465 e. The van der Waals surface area contributed by atoms with Crippen LogP contribution in [0.3, 0.4) is 0 Å². The molecule has 78 valence electrons. The fraction of sp³-hybridized carbons (Fsp3) is 0. The molecule has 1 aromatic carbocycles. The number of pyridine rings is 1. The summed E-state index contributed by atoms with van der Waals surface area (Å²) in [5, 5.41) is 8.28. The van der Waals surface area contributed by atoms with Crippen molar-refractivity contribution in [1.82, 2.24) is 4.98 Å². The van der Waals surface area contributed by atoms with Crippen molar-refractivity contribution in [2.24, 2.45) is 5.73 Å². The minimum absolute atomic E-state index is 0.783. The summed E-state index contributed by atoms with van der Waals surface area (Å²) in [7, 11) is 0. The Morgan fingerprint density at radius 3 is 2.67 bits per heavy atom. The molecule has 0 unspecified atom stereocenters. The number of nitrogens with zero attached hydrogens (tertiary/aromatic N) is 1. The summed E-state index contributed by atoms with van der Waals surface area (Å²) in [6.07, 6.45) is 0.443. The van der Waals surface area contributed by atoms with Crippen molar-refractivity contribution in [3.8, 4) is 0 Å². The quantitative estimate of drug-likeness (QED) is 0.566. The Bertz CT molecular complexity index is 467. The third-order valence-corrected chi connectivity index (χ3v) is 1.63. The predicted octanol–water partition coefficient (Wildman–Crippen LogP) is 1.44. The highest BCUT2D eigenvalue weighted by atomic mass is 16.4. The maximum Gasteiger partial charge on any atom is 0.402 e. The molecule has 5 heteroatoms. The third kappa shape index (κ3) is 3.51. The van der Waals surface area contributed by atoms with Crippen LogP contribution in [0.5, 0.6) is 0 Å². The maximum atomic E-state index is 8.78. The SMILES string of the molecule is NC(=O)O.Nc1ccc2ncccc2c1. The normalized spacial score (nSPS) is 9.07. The Morgan fingerprint density at radius 2 is 2.00 bits per heavy atom. The van der Waals surface area contributed by atoms with E-state index >= 15 is 0 Å². The summed E-state index contributed by atoms with van der Waals surface area (Å²) in [5.74, 6) is 0. The number of hydrogen-bond donors (Lipinski definition) is 3. The number of carboxylic acid groups (broad SMARTS) is 1. The number of hydrogen-bond acceptors (Lipinski definition) is 3. The van der Waals surface area contributed by atoms with Crippen molar-refractivity contribution in [1.29, 1.82) is 0 Å². The van der Waals surface area contributed by atoms with Gasteiger partial charge in [0, 0.05) is 17.3 Å². The molecule has 15 heavy (non-hydrogen) atoms. The van der Waals surface area contributed by atoms with E-state index in [9.17, 15) is 0 Å². The minimum Gasteiger partial charge on any atom is -0.465 e. The van der Waals surface area contributed by atoms with E-state index in [1.807, 2.05) is 30.3 Å². The number of primary amides is 1. The lowest BCUT2D eigenvalue weighted by Gasteiger charge is -1.96. The van der Waals surface area contributed by atoms with Crippen molar-refractivity contribution < 1.29 is 9.90 Å². The first-order valence-electron chi connectivity index (χ1n) is 4.18. The number of fused-ring (bicyclic) bond motifs is 1. The van der Waals surface area contributed by atoms with Crippen molar-refractivity contribution in [3.63, 3.8) is 0 Å². The second kappa shape index (κ2) is 4.80. The summed E-state index contributed by atoms with van der Waals surface area (Å²) in [4.78, 5) is 12.9. The molecule has 2 aromatic rings. The summed E-state index contributed by atoms with van der Waals surface area (Å²) in [6.45, 7) is 0. The number of benzene rings is 1. The van der Waals surface area contributed by atoms with Crippen molar-refractivity contribution in [3.05, 3.63) is 36.5 Å². The van der Waals surface area contributed by atoms with Crippen LogP contribution in [0, 0.1) is 0 Å². The monoisotopic (exact) mass is 205 g/mol. The average molecular weight is 205 g/mol. The Balaban J connectivity index is 0.000000245. The molecule has 0 saturated carbocycles. The van der Waals surface area contributed by atoms with Gasteiger partial charge in [-0.05, 0) is 24.3 Å². The second-order valence-electron chi connectivity index (χ2n) is 2.79. The highest BCUT2D eigenvalue weighted by molar-refractivity contribution is 5.81. The van der Waals surface area contributed by atoms with Gasteiger partial charge in [0.05, 0.1) is 5.52 Å². The average Bonchev–Trinajstić information content (AvgIpc) is 2.16. The molecule has 0 aliphatic carbocycles. The van der Waals surface area contributed by atoms with E-state index in [0.29, 0.717) is 0 Å². The Morgan fingerprint density at radius 1 is 1.33 bits per heavy atom. The van der Waals surface area contributed by atoms with Crippen LogP contribution in [0.2, 0.25) is 0 Å². The van der Waals surface area contributed by atoms with Crippen molar-refractivity contribution in [2.45, 2.75) is 0 Å². The lowest BCUT2D eigenvalue weighted by Crippen LogP contribution is -2.03. The lowest BCUT2D eigenvalue weighted by molar-refractivity contribution is 0.205. The van der Waals surface area contributed by atoms with E-state index in [2.05, 4.69) is 10.7 Å². The van der Waals surface area contributed by atoms with Crippen LogP contribution in [0.4, 0.5) is 10.5 Å². The van der Waals surface area contributed by atoms with E-state index in [4.69, 9.17) is 15.6 Å². The van der Waals surface area contributed by atoms with E-state index in [1.54, 1.807) is 6.20 Å². The molecule has 0 aliphatic heterocycles. The van der Waals surface area contributed by atoms with Crippen LogP contribution in [-0.2, 0) is 0 Å². The standard InChI is InChI=1S/C9H8N2.CH3NO2/c10-8-3-4-9-7(6-8)2-1-5-11-9;2-1(3)4/h1-6H,10H2;2H2,(H,3,4). The van der Waals surface area contributed by atoms with Crippen LogP contribution in [-0.4, -0.2) is 16.2 Å². The molecule has 0 radical (unpaired) electrons. The number of rotatable bonds is 0. The number of aromatic nitrogens is 1. The van der Waals surface area contributed by atoms with Gasteiger partial charge in [0.1, 0.15) is 0 Å². The molecular weight excluding hydrogens is 194 g/mol. The maximum absolute atomic E-state index is 8.78. The van der Waals surface area contributed by atoms with E-state index in [-0.39, 0.29) is 0 Å². The smallest absolute Gasteiger partial charge is 0.402 e. The van der Waals surface area contributed by atoms with Crippen LogP contribution in [0.1, 0.15) is 0 Å². The molecule has 1 amide bonds. The van der Waals surface area contributed by atoms with Gasteiger partial charge in [-0.2, -0.15) is 0 Å². The van der Waals surface area contributed by atoms with Crippen molar-refractivity contribution in [2.75, 3.05) is 5.73 Å². The Hall–Kier alpha value is -2.30. The molecule has 5 N–H and O–H groups in total. The van der Waals surface area contributed by atoms with Gasteiger partial charge < -0.3 is 16.6 Å². The summed E-state index contributed by atoms with van der Waals surface area (Å²) in [6, 6.07) is 9.60. The minimum atomic E-state index is -1.33. The first-order chi connectivity index (χ1) is 7.09. The van der Waals surface area contributed by atoms with Gasteiger partial charge in [0.15, 0.2) is 0 Å². The van der Waals surface area contributed by atoms with E-state index in [0.717, 1.165) is 16.6 Å². The molecule has 0 saturated heterocycles. The Kier molecular flexibility index (Phi) is 3.45. The highest BCUT2D eigenvalue weighted by Gasteiger charge is 1.91. The van der Waals surface area contributed by atoms with Crippen LogP contribution >= 0.6 is 0 Å². The van der Waals surface area contributed by atoms with Gasteiger partial charge in [0.25, 0.3) is 0 Å². The fourth-order valence-corrected chi connectivity index (χ4v) is 1.09. The first-order valence-corrected chi connectivity index (χ1v) is 4.18. The molecule has 1 heterocycles. The molecule has 2 rings (SSSR count). The lowest BCUT2D eigenvalue weighted by atomic mass is 10.2. The summed E-state index contributed by atoms with van der Waals surface area (Å²) in [5.41, 5.74) is 11.4. The number of nitrogen functional groups attached to an aromatic ring is 1. The van der Waals surface area contributed by atoms with Gasteiger partial charge in [0.2, 0.25) is 0 Å². The zero-order valence-electron chi connectivity index (χ0n) is 7.92. The van der Waals surface area contributed by atoms with Gasteiger partial charge in [-0.25, -0.2) is 4.79 Å². The first kappa shape index (κ1) is 10.8. The van der Waals surface area contributed by atoms with Crippen molar-refractivity contribution >= 4 is 22.7 Å². The number of carbonyl (C=O) groups is 1. The van der Waals surface area contributed by atoms with E-state index < -0.39 is 6.09 Å². The second-order valence-corrected chi connectivity index (χ2v) is 2.79. The van der Waals surface area contributed by atoms with Gasteiger partial charge in [-0.1, -0.05) is 6.07 Å². The molecule has 1 aromatic heterocycles. The van der Waals surface area contributed by atoms with Crippen LogP contribution in [0.25, 0.3) is 10.9 Å². The van der Waals surface area contributed by atoms with Gasteiger partial charge >= 0.3 is 6.09 Å². The number of amides is 1. The molecule has 0 spiro atoms. The van der Waals surface area contributed by atoms with E-state index in [1.165, 1.54) is 0 Å². The molecule has 0 aliphatic rings. The topological polar surface area (TPSA) is 102 Å². The number of anilines is 1. The summed E-state index contributed by atoms with van der Waals surface area (Å²) < 4.78 is 0. The number of nitrogens with two attached hydrogens (primary N) is 2. The fourth-order valence-electron chi connectivity index (χ4n) is 1.09. The van der Waals surface area contributed by atoms with Gasteiger partial charge in [-0.3, -0.25) is 4.98 Å². The molecule has 5 nitrogen and oxygen atoms in total. The van der Waals surface area contributed by atoms with Crippen LogP contribution < -0.4 is 11.5 Å². The zero-order chi connectivity index (χ0) is 11.3. The molecule has 0 fully saturated rings. The van der Waals surface area contributed by atoms with Crippen LogP contribution in [0.15, 0.2) is 36.5 Å². The molecular formula is C10H11N3O2. The zero-order valence-corrected chi connectivity index (χ0v) is 7.92. The summed E-state index contributed by atoms with van der Waals surface area (Å²) >= 11 is 0. The predicted molar refractivity (Wildman–Crippen MR) is 58.4 cm³/mol. The van der Waals surface area contributed by atoms with Gasteiger partial charge in [-0.15, -0.1) is 0 Å². The Labute approximate surface area is 86.3 Å². The highest BCUT2D eigenvalue weighted by Crippen LogP contribution is 2.13. The molecule has 0 bridgehead atoms. The molecule has 0 atom stereocenters. The third-order valence-electron chi connectivity index (χ3n) is 1.63.